The van der Waals surface area contributed by atoms with Gasteiger partial charge >= 0.3 is 5.97 Å². The van der Waals surface area contributed by atoms with E-state index in [2.05, 4.69) is 29.8 Å². The standard InChI is InChI=1S/C29H35N3O4/c1-7-32(8-2)21-14-16-24(26(19-21)35-10-4)29(27-22(28(33)36-29)12-11-17-30-27)23-15-13-20(31(5)6)18-25(23)34-9-3/h11-19H,7-10H2,1-6H3. The largest absolute Gasteiger partial charge is 0.493 e. The van der Waals surface area contributed by atoms with Crippen molar-refractivity contribution in [2.24, 2.45) is 0 Å². The Morgan fingerprint density at radius 2 is 1.44 bits per heavy atom. The SMILES string of the molecule is CCOc1cc(N(C)C)ccc1C1(c2ccc(N(CC)CC)cc2OCC)OC(=O)c2cccnc21. The first-order valence-corrected chi connectivity index (χ1v) is 12.6. The summed E-state index contributed by atoms with van der Waals surface area (Å²) in [6, 6.07) is 15.5. The maximum atomic E-state index is 13.2. The van der Waals surface area contributed by atoms with E-state index in [1.807, 2.05) is 63.2 Å². The molecule has 1 aromatic heterocycles. The second-order valence-corrected chi connectivity index (χ2v) is 8.76. The number of cyclic esters (lactones) is 1. The van der Waals surface area contributed by atoms with Crippen LogP contribution in [0.25, 0.3) is 0 Å². The Hall–Kier alpha value is -3.74. The van der Waals surface area contributed by atoms with Crippen LogP contribution in [0.1, 0.15) is 54.9 Å². The van der Waals surface area contributed by atoms with Crippen LogP contribution in [0.3, 0.4) is 0 Å². The highest BCUT2D eigenvalue weighted by Gasteiger charge is 2.53. The summed E-state index contributed by atoms with van der Waals surface area (Å²) in [5.74, 6) is 0.852. The number of anilines is 2. The van der Waals surface area contributed by atoms with E-state index < -0.39 is 11.6 Å². The van der Waals surface area contributed by atoms with Crippen LogP contribution in [0.4, 0.5) is 11.4 Å². The van der Waals surface area contributed by atoms with Gasteiger partial charge in [-0.05, 0) is 64.1 Å². The molecule has 36 heavy (non-hydrogen) atoms. The van der Waals surface area contributed by atoms with Gasteiger partial charge in [0.05, 0.1) is 18.8 Å². The van der Waals surface area contributed by atoms with E-state index in [1.165, 1.54) is 0 Å². The fourth-order valence-electron chi connectivity index (χ4n) is 4.82. The van der Waals surface area contributed by atoms with Crippen LogP contribution in [-0.4, -0.2) is 51.4 Å². The molecule has 0 saturated carbocycles. The average molecular weight is 490 g/mol. The zero-order valence-corrected chi connectivity index (χ0v) is 22.0. The minimum absolute atomic E-state index is 0.424. The zero-order valence-electron chi connectivity index (χ0n) is 22.0. The topological polar surface area (TPSA) is 64.1 Å². The minimum Gasteiger partial charge on any atom is -0.493 e. The van der Waals surface area contributed by atoms with Crippen LogP contribution in [0.2, 0.25) is 0 Å². The molecule has 1 unspecified atom stereocenters. The molecule has 7 heteroatoms. The van der Waals surface area contributed by atoms with Crippen molar-refractivity contribution in [3.63, 3.8) is 0 Å². The van der Waals surface area contributed by atoms with Crippen molar-refractivity contribution in [1.82, 2.24) is 4.98 Å². The minimum atomic E-state index is -1.32. The van der Waals surface area contributed by atoms with E-state index in [1.54, 1.807) is 18.3 Å². The number of pyridine rings is 1. The Balaban J connectivity index is 2.06. The van der Waals surface area contributed by atoms with Crippen LogP contribution >= 0.6 is 0 Å². The van der Waals surface area contributed by atoms with Gasteiger partial charge in [-0.15, -0.1) is 0 Å². The van der Waals surface area contributed by atoms with Gasteiger partial charge in [0.25, 0.3) is 0 Å². The first-order valence-electron chi connectivity index (χ1n) is 12.6. The van der Waals surface area contributed by atoms with Crippen molar-refractivity contribution < 1.29 is 19.0 Å². The van der Waals surface area contributed by atoms with E-state index in [4.69, 9.17) is 14.2 Å². The summed E-state index contributed by atoms with van der Waals surface area (Å²) in [6.45, 7) is 10.8. The normalized spacial score (nSPS) is 16.3. The van der Waals surface area contributed by atoms with Gasteiger partial charge in [0.2, 0.25) is 5.60 Å². The van der Waals surface area contributed by atoms with Gasteiger partial charge in [-0.25, -0.2) is 4.79 Å². The molecule has 0 N–H and O–H groups in total. The molecule has 4 rings (SSSR count). The Labute approximate surface area is 213 Å². The molecule has 1 atom stereocenters. The van der Waals surface area contributed by atoms with Crippen LogP contribution < -0.4 is 19.3 Å². The van der Waals surface area contributed by atoms with E-state index in [9.17, 15) is 4.79 Å². The number of benzene rings is 2. The van der Waals surface area contributed by atoms with Crippen LogP contribution in [0.5, 0.6) is 11.5 Å². The van der Waals surface area contributed by atoms with Gasteiger partial charge in [0, 0.05) is 68.0 Å². The number of nitrogens with zero attached hydrogens (tertiary/aromatic N) is 3. The highest BCUT2D eigenvalue weighted by molar-refractivity contribution is 5.96. The van der Waals surface area contributed by atoms with Crippen molar-refractivity contribution in [1.29, 1.82) is 0 Å². The van der Waals surface area contributed by atoms with Crippen molar-refractivity contribution in [2.45, 2.75) is 33.3 Å². The van der Waals surface area contributed by atoms with Gasteiger partial charge in [-0.1, -0.05) is 0 Å². The molecule has 0 saturated heterocycles. The number of rotatable bonds is 10. The molecule has 1 aliphatic heterocycles. The smallest absolute Gasteiger partial charge is 0.341 e. The third kappa shape index (κ3) is 4.23. The molecule has 1 aliphatic rings. The summed E-state index contributed by atoms with van der Waals surface area (Å²) in [5.41, 5.74) is 3.08. The summed E-state index contributed by atoms with van der Waals surface area (Å²) in [4.78, 5) is 22.2. The summed E-state index contributed by atoms with van der Waals surface area (Å²) < 4.78 is 18.7. The first-order chi connectivity index (χ1) is 17.4. The van der Waals surface area contributed by atoms with E-state index >= 15 is 0 Å². The van der Waals surface area contributed by atoms with Gasteiger partial charge in [0.1, 0.15) is 17.2 Å². The molecule has 0 aliphatic carbocycles. The number of hydrogen-bond donors (Lipinski definition) is 0. The highest BCUT2D eigenvalue weighted by atomic mass is 16.6. The number of esters is 1. The number of carbonyl (C=O) groups is 1. The lowest BCUT2D eigenvalue weighted by atomic mass is 9.81. The van der Waals surface area contributed by atoms with Crippen molar-refractivity contribution >= 4 is 17.3 Å². The number of aromatic nitrogens is 1. The molecule has 2 aromatic carbocycles. The number of hydrogen-bond acceptors (Lipinski definition) is 7. The third-order valence-corrected chi connectivity index (χ3v) is 6.54. The fraction of sp³-hybridized carbons (Fsp3) is 0.379. The first kappa shape index (κ1) is 25.4. The summed E-state index contributed by atoms with van der Waals surface area (Å²) in [5, 5.41) is 0. The second kappa shape index (κ2) is 10.5. The Kier molecular flexibility index (Phi) is 7.38. The van der Waals surface area contributed by atoms with Crippen LogP contribution in [-0.2, 0) is 10.3 Å². The van der Waals surface area contributed by atoms with Crippen molar-refractivity contribution in [3.05, 3.63) is 77.1 Å². The molecule has 190 valence electrons. The summed E-state index contributed by atoms with van der Waals surface area (Å²) in [7, 11) is 3.96. The van der Waals surface area contributed by atoms with E-state index in [0.29, 0.717) is 47.1 Å². The maximum absolute atomic E-state index is 13.2. The molecule has 0 fully saturated rings. The van der Waals surface area contributed by atoms with E-state index in [-0.39, 0.29) is 0 Å². The van der Waals surface area contributed by atoms with Gasteiger partial charge in [-0.2, -0.15) is 0 Å². The zero-order chi connectivity index (χ0) is 25.9. The molecular formula is C29H35N3O4. The van der Waals surface area contributed by atoms with Gasteiger partial charge in [-0.3, -0.25) is 4.98 Å². The fourth-order valence-corrected chi connectivity index (χ4v) is 4.82. The lowest BCUT2D eigenvalue weighted by Gasteiger charge is -2.33. The lowest BCUT2D eigenvalue weighted by molar-refractivity contribution is 0.0228. The second-order valence-electron chi connectivity index (χ2n) is 8.76. The Morgan fingerprint density at radius 3 is 2.00 bits per heavy atom. The highest BCUT2D eigenvalue weighted by Crippen LogP contribution is 2.52. The molecule has 0 amide bonds. The quantitative estimate of drug-likeness (QED) is 0.360. The monoisotopic (exact) mass is 489 g/mol. The maximum Gasteiger partial charge on any atom is 0.341 e. The molecule has 0 spiro atoms. The number of fused-ring (bicyclic) bond motifs is 1. The molecule has 0 radical (unpaired) electrons. The van der Waals surface area contributed by atoms with E-state index in [0.717, 1.165) is 24.5 Å². The van der Waals surface area contributed by atoms with Crippen molar-refractivity contribution in [2.75, 3.05) is 50.2 Å². The Morgan fingerprint density at radius 1 is 0.861 bits per heavy atom. The van der Waals surface area contributed by atoms with Crippen LogP contribution in [0, 0.1) is 0 Å². The summed E-state index contributed by atoms with van der Waals surface area (Å²) >= 11 is 0. The third-order valence-electron chi connectivity index (χ3n) is 6.54. The molecule has 7 nitrogen and oxygen atoms in total. The van der Waals surface area contributed by atoms with Gasteiger partial charge < -0.3 is 24.0 Å². The molecular weight excluding hydrogens is 454 g/mol. The summed E-state index contributed by atoms with van der Waals surface area (Å²) in [6.07, 6.45) is 1.69. The number of ether oxygens (including phenoxy) is 3. The Bertz CT molecular complexity index is 1240. The van der Waals surface area contributed by atoms with Crippen LogP contribution in [0.15, 0.2) is 54.7 Å². The molecule has 0 bridgehead atoms. The van der Waals surface area contributed by atoms with Gasteiger partial charge in [0.15, 0.2) is 0 Å². The van der Waals surface area contributed by atoms with Crippen molar-refractivity contribution in [3.8, 4) is 11.5 Å². The predicted molar refractivity (Wildman–Crippen MR) is 143 cm³/mol. The molecule has 3 aromatic rings. The predicted octanol–water partition coefficient (Wildman–Crippen LogP) is 5.25. The number of carbonyl (C=O) groups excluding carboxylic acids is 1. The lowest BCUT2D eigenvalue weighted by Crippen LogP contribution is -2.32. The molecule has 2 heterocycles. The average Bonchev–Trinajstić information content (AvgIpc) is 3.18.